The Morgan fingerprint density at radius 1 is 0.907 bits per heavy atom. The van der Waals surface area contributed by atoms with Gasteiger partial charge in [0.25, 0.3) is 0 Å². The van der Waals surface area contributed by atoms with Crippen LogP contribution in [0.3, 0.4) is 0 Å². The third-order valence-electron chi connectivity index (χ3n) is 6.68. The first-order valence-corrected chi connectivity index (χ1v) is 16.8. The van der Waals surface area contributed by atoms with Gasteiger partial charge in [-0.05, 0) is 43.2 Å². The molecular formula is C30H37F6N7O10S. The molecule has 0 saturated carbocycles. The molecule has 54 heavy (non-hydrogen) atoms. The van der Waals surface area contributed by atoms with Crippen molar-refractivity contribution in [2.45, 2.75) is 43.1 Å². The van der Waals surface area contributed by atoms with E-state index in [0.717, 1.165) is 0 Å². The molecule has 1 aliphatic heterocycles. The minimum Gasteiger partial charge on any atom is -0.475 e. The zero-order valence-corrected chi connectivity index (χ0v) is 29.1. The molecule has 1 atom stereocenters. The standard InChI is InChI=1S/C26H35N7O6S.2C2HF3O2/c1-2-39-26(36)33-13-11-32(12-14-33)25(35)22(16-18-5-3-6-19(15-18)24(28)29)31-40(37,38)21-8-4-7-20(17-21)30-23(34)9-10-27;2*3-2(4,5)1(6)7/h3-8,15,17,22,31H,2,9-14,16,27H2,1H3,(H3,28,29)(H,30,34);2*(H,6,7)/t22-;;/m0../s1. The van der Waals surface area contributed by atoms with Crippen LogP contribution in [-0.2, 0) is 40.4 Å². The molecule has 3 amide bonds. The van der Waals surface area contributed by atoms with Crippen LogP contribution in [0.1, 0.15) is 24.5 Å². The second kappa shape index (κ2) is 20.7. The van der Waals surface area contributed by atoms with Crippen LogP contribution in [0.15, 0.2) is 53.4 Å². The minimum absolute atomic E-state index is 0.00972. The van der Waals surface area contributed by atoms with Crippen LogP contribution in [0, 0.1) is 5.41 Å². The minimum atomic E-state index is -5.08. The number of aliphatic carboxylic acids is 2. The number of ether oxygens (including phenoxy) is 1. The number of hydrogen-bond donors (Lipinski definition) is 7. The summed E-state index contributed by atoms with van der Waals surface area (Å²) in [5.41, 5.74) is 12.3. The summed E-state index contributed by atoms with van der Waals surface area (Å²) in [6, 6.07) is 11.2. The van der Waals surface area contributed by atoms with Gasteiger partial charge in [0, 0.05) is 50.4 Å². The first kappa shape index (κ1) is 46.5. The summed E-state index contributed by atoms with van der Waals surface area (Å²) in [5, 5.41) is 24.6. The maximum absolute atomic E-state index is 13.6. The van der Waals surface area contributed by atoms with Crippen molar-refractivity contribution in [1.29, 1.82) is 5.41 Å². The van der Waals surface area contributed by atoms with Crippen molar-refractivity contribution in [2.24, 2.45) is 11.5 Å². The topological polar surface area (TPSA) is 276 Å². The summed E-state index contributed by atoms with van der Waals surface area (Å²) < 4.78 is 97.9. The van der Waals surface area contributed by atoms with Crippen LogP contribution < -0.4 is 21.5 Å². The molecule has 1 aliphatic rings. The van der Waals surface area contributed by atoms with Crippen LogP contribution >= 0.6 is 0 Å². The molecule has 0 aromatic heterocycles. The number of nitrogens with two attached hydrogens (primary N) is 2. The number of benzene rings is 2. The molecule has 2 aromatic carbocycles. The summed E-state index contributed by atoms with van der Waals surface area (Å²) in [5.74, 6) is -6.49. The Morgan fingerprint density at radius 2 is 1.43 bits per heavy atom. The molecule has 2 aromatic rings. The lowest BCUT2D eigenvalue weighted by Crippen LogP contribution is -2.56. The summed E-state index contributed by atoms with van der Waals surface area (Å²) >= 11 is 0. The number of carboxylic acids is 2. The number of piperazine rings is 1. The number of nitrogens with zero attached hydrogens (tertiary/aromatic N) is 2. The fraction of sp³-hybridized carbons (Fsp3) is 0.400. The van der Waals surface area contributed by atoms with E-state index in [0.29, 0.717) is 11.1 Å². The zero-order chi connectivity index (χ0) is 41.4. The molecule has 1 saturated heterocycles. The lowest BCUT2D eigenvalue weighted by atomic mass is 10.0. The van der Waals surface area contributed by atoms with Gasteiger partial charge in [0.2, 0.25) is 21.8 Å². The molecule has 0 bridgehead atoms. The van der Waals surface area contributed by atoms with E-state index in [1.54, 1.807) is 37.3 Å². The molecule has 24 heteroatoms. The summed E-state index contributed by atoms with van der Waals surface area (Å²) in [6.07, 6.45) is -10.6. The number of hydrogen-bond acceptors (Lipinski definition) is 10. The van der Waals surface area contributed by atoms with Crippen LogP contribution in [0.2, 0.25) is 0 Å². The van der Waals surface area contributed by atoms with Crippen molar-refractivity contribution in [2.75, 3.05) is 44.6 Å². The van der Waals surface area contributed by atoms with E-state index in [2.05, 4.69) is 10.0 Å². The summed E-state index contributed by atoms with van der Waals surface area (Å²) in [7, 11) is -4.22. The second-order valence-electron chi connectivity index (χ2n) is 10.7. The van der Waals surface area contributed by atoms with E-state index < -0.39 is 52.4 Å². The van der Waals surface area contributed by atoms with E-state index in [-0.39, 0.29) is 74.5 Å². The number of alkyl halides is 6. The second-order valence-corrected chi connectivity index (χ2v) is 12.4. The van der Waals surface area contributed by atoms with E-state index in [4.69, 9.17) is 41.4 Å². The first-order valence-electron chi connectivity index (χ1n) is 15.3. The third-order valence-corrected chi connectivity index (χ3v) is 8.14. The Labute approximate surface area is 303 Å². The van der Waals surface area contributed by atoms with E-state index in [1.807, 2.05) is 0 Å². The number of sulfonamides is 1. The normalized spacial score (nSPS) is 13.6. The van der Waals surface area contributed by atoms with Crippen molar-refractivity contribution < 1.29 is 73.7 Å². The number of amidine groups is 1. The highest BCUT2D eigenvalue weighted by molar-refractivity contribution is 7.89. The van der Waals surface area contributed by atoms with Crippen LogP contribution in [-0.4, -0.2) is 122 Å². The number of carboxylic acid groups (broad SMARTS) is 2. The number of anilines is 1. The molecule has 0 unspecified atom stereocenters. The Morgan fingerprint density at radius 3 is 1.91 bits per heavy atom. The van der Waals surface area contributed by atoms with Gasteiger partial charge in [-0.15, -0.1) is 0 Å². The molecule has 17 nitrogen and oxygen atoms in total. The highest BCUT2D eigenvalue weighted by Gasteiger charge is 2.39. The smallest absolute Gasteiger partial charge is 0.475 e. The molecular weight excluding hydrogens is 764 g/mol. The van der Waals surface area contributed by atoms with Crippen LogP contribution in [0.4, 0.5) is 36.8 Å². The Balaban J connectivity index is 0.000000879. The maximum Gasteiger partial charge on any atom is 0.490 e. The van der Waals surface area contributed by atoms with Crippen molar-refractivity contribution in [3.05, 3.63) is 59.7 Å². The number of rotatable bonds is 11. The SMILES string of the molecule is CCOC(=O)N1CCN(C(=O)[C@H](Cc2cccc(C(=N)N)c2)NS(=O)(=O)c2cccc(NC(=O)CCN)c2)CC1.O=C(O)C(F)(F)F.O=C(O)C(F)(F)F. The van der Waals surface area contributed by atoms with E-state index in [9.17, 15) is 49.1 Å². The lowest BCUT2D eigenvalue weighted by Gasteiger charge is -2.36. The van der Waals surface area contributed by atoms with Crippen molar-refractivity contribution in [3.63, 3.8) is 0 Å². The van der Waals surface area contributed by atoms with Gasteiger partial charge < -0.3 is 41.5 Å². The van der Waals surface area contributed by atoms with Gasteiger partial charge in [0.05, 0.1) is 11.5 Å². The Bertz CT molecular complexity index is 1730. The largest absolute Gasteiger partial charge is 0.490 e. The fourth-order valence-electron chi connectivity index (χ4n) is 4.18. The fourth-order valence-corrected chi connectivity index (χ4v) is 5.41. The van der Waals surface area contributed by atoms with Crippen molar-refractivity contribution >= 4 is 51.4 Å². The van der Waals surface area contributed by atoms with Gasteiger partial charge in [-0.2, -0.15) is 31.1 Å². The monoisotopic (exact) mass is 801 g/mol. The number of carbonyl (C=O) groups is 5. The van der Waals surface area contributed by atoms with E-state index in [1.165, 1.54) is 28.0 Å². The quantitative estimate of drug-likeness (QED) is 0.0972. The average molecular weight is 802 g/mol. The highest BCUT2D eigenvalue weighted by atomic mass is 32.2. The van der Waals surface area contributed by atoms with Crippen LogP contribution in [0.5, 0.6) is 0 Å². The molecule has 300 valence electrons. The summed E-state index contributed by atoms with van der Waals surface area (Å²) in [6.45, 7) is 2.98. The van der Waals surface area contributed by atoms with Gasteiger partial charge in [0.15, 0.2) is 0 Å². The van der Waals surface area contributed by atoms with Crippen LogP contribution in [0.25, 0.3) is 0 Å². The van der Waals surface area contributed by atoms with E-state index >= 15 is 0 Å². The number of halogens is 6. The molecule has 3 rings (SSSR count). The molecule has 0 aliphatic carbocycles. The van der Waals surface area contributed by atoms with Gasteiger partial charge in [0.1, 0.15) is 11.9 Å². The van der Waals surface area contributed by atoms with Gasteiger partial charge in [-0.25, -0.2) is 22.8 Å². The van der Waals surface area contributed by atoms with Crippen molar-refractivity contribution in [1.82, 2.24) is 14.5 Å². The lowest BCUT2D eigenvalue weighted by molar-refractivity contribution is -0.193. The number of amides is 3. The first-order chi connectivity index (χ1) is 24.9. The predicted octanol–water partition coefficient (Wildman–Crippen LogP) is 1.71. The average Bonchev–Trinajstić information content (AvgIpc) is 3.08. The maximum atomic E-state index is 13.6. The Hall–Kier alpha value is -5.49. The highest BCUT2D eigenvalue weighted by Crippen LogP contribution is 2.19. The molecule has 9 N–H and O–H groups in total. The molecule has 1 heterocycles. The molecule has 0 radical (unpaired) electrons. The van der Waals surface area contributed by atoms with Gasteiger partial charge >= 0.3 is 30.4 Å². The predicted molar refractivity (Wildman–Crippen MR) is 177 cm³/mol. The Kier molecular flexibility index (Phi) is 17.8. The molecule has 1 fully saturated rings. The third kappa shape index (κ3) is 16.0. The van der Waals surface area contributed by atoms with Gasteiger partial charge in [-0.1, -0.05) is 24.3 Å². The zero-order valence-electron chi connectivity index (χ0n) is 28.2. The number of nitrogen functional groups attached to an aromatic ring is 1. The van der Waals surface area contributed by atoms with Crippen molar-refractivity contribution in [3.8, 4) is 0 Å². The number of carbonyl (C=O) groups excluding carboxylic acids is 3. The summed E-state index contributed by atoms with van der Waals surface area (Å²) in [4.78, 5) is 58.3. The number of nitrogens with one attached hydrogen (secondary N) is 3. The molecule has 0 spiro atoms. The van der Waals surface area contributed by atoms with Gasteiger partial charge in [-0.3, -0.25) is 15.0 Å².